The molecule has 22 heavy (non-hydrogen) atoms. The summed E-state index contributed by atoms with van der Waals surface area (Å²) < 4.78 is 5.30. The summed E-state index contributed by atoms with van der Waals surface area (Å²) in [6, 6.07) is 10.7. The number of nitrogens with zero attached hydrogens (tertiary/aromatic N) is 2. The average molecular weight is 420 g/mol. The highest BCUT2D eigenvalue weighted by molar-refractivity contribution is 14.0. The zero-order valence-corrected chi connectivity index (χ0v) is 16.3. The van der Waals surface area contributed by atoms with Crippen molar-refractivity contribution in [2.75, 3.05) is 45.3 Å². The molecule has 1 aromatic carbocycles. The maximum Gasteiger partial charge on any atom is 0.191 e. The zero-order valence-electron chi connectivity index (χ0n) is 14.0. The lowest BCUT2D eigenvalue weighted by Crippen LogP contribution is -2.45. The number of para-hydroxylation sites is 1. The van der Waals surface area contributed by atoms with Gasteiger partial charge in [0.25, 0.3) is 0 Å². The fourth-order valence-corrected chi connectivity index (χ4v) is 1.91. The molecule has 126 valence electrons. The van der Waals surface area contributed by atoms with Crippen LogP contribution in [0.25, 0.3) is 0 Å². The smallest absolute Gasteiger partial charge is 0.191 e. The number of ether oxygens (including phenoxy) is 1. The van der Waals surface area contributed by atoms with Gasteiger partial charge in [-0.1, -0.05) is 18.2 Å². The minimum Gasteiger partial charge on any atom is -0.380 e. The molecule has 5 nitrogen and oxygen atoms in total. The van der Waals surface area contributed by atoms with Crippen LogP contribution in [-0.2, 0) is 4.74 Å². The van der Waals surface area contributed by atoms with Gasteiger partial charge in [-0.05, 0) is 26.0 Å². The standard InChI is InChI=1S/C16H28N4O.HI/c1-5-21-12-11-18-16(17-3)19-13-14(2)20(4)15-9-7-6-8-10-15;/h6-10,14H,5,11-13H2,1-4H3,(H2,17,18,19);1H. The zero-order chi connectivity index (χ0) is 15.5. The molecular weight excluding hydrogens is 391 g/mol. The van der Waals surface area contributed by atoms with Gasteiger partial charge in [-0.15, -0.1) is 24.0 Å². The summed E-state index contributed by atoms with van der Waals surface area (Å²) >= 11 is 0. The first-order valence-corrected chi connectivity index (χ1v) is 7.49. The molecule has 1 rings (SSSR count). The molecule has 0 aliphatic heterocycles. The van der Waals surface area contributed by atoms with Crippen LogP contribution in [0.1, 0.15) is 13.8 Å². The van der Waals surface area contributed by atoms with E-state index < -0.39 is 0 Å². The first-order valence-electron chi connectivity index (χ1n) is 7.49. The van der Waals surface area contributed by atoms with Gasteiger partial charge >= 0.3 is 0 Å². The van der Waals surface area contributed by atoms with E-state index in [2.05, 4.69) is 58.8 Å². The van der Waals surface area contributed by atoms with Crippen molar-refractivity contribution >= 4 is 35.6 Å². The number of hydrogen-bond acceptors (Lipinski definition) is 3. The van der Waals surface area contributed by atoms with Crippen molar-refractivity contribution in [2.24, 2.45) is 4.99 Å². The monoisotopic (exact) mass is 420 g/mol. The lowest BCUT2D eigenvalue weighted by atomic mass is 10.2. The van der Waals surface area contributed by atoms with Crippen molar-refractivity contribution in [3.8, 4) is 0 Å². The summed E-state index contributed by atoms with van der Waals surface area (Å²) in [6.45, 7) is 7.20. The van der Waals surface area contributed by atoms with Crippen molar-refractivity contribution in [3.05, 3.63) is 30.3 Å². The number of guanidine groups is 1. The number of halogens is 1. The Morgan fingerprint density at radius 1 is 1.27 bits per heavy atom. The number of rotatable bonds is 8. The second kappa shape index (κ2) is 12.5. The van der Waals surface area contributed by atoms with Crippen molar-refractivity contribution in [2.45, 2.75) is 19.9 Å². The van der Waals surface area contributed by atoms with Gasteiger partial charge in [0.15, 0.2) is 5.96 Å². The molecule has 0 heterocycles. The molecule has 0 aliphatic rings. The van der Waals surface area contributed by atoms with Crippen LogP contribution in [0.3, 0.4) is 0 Å². The van der Waals surface area contributed by atoms with E-state index in [0.717, 1.165) is 25.7 Å². The molecule has 0 aliphatic carbocycles. The topological polar surface area (TPSA) is 48.9 Å². The van der Waals surface area contributed by atoms with Gasteiger partial charge in [-0.3, -0.25) is 4.99 Å². The van der Waals surface area contributed by atoms with Crippen molar-refractivity contribution in [1.29, 1.82) is 0 Å². The Labute approximate surface area is 151 Å². The largest absolute Gasteiger partial charge is 0.380 e. The fourth-order valence-electron chi connectivity index (χ4n) is 1.91. The first-order chi connectivity index (χ1) is 10.2. The molecule has 0 saturated carbocycles. The van der Waals surface area contributed by atoms with E-state index in [1.807, 2.05) is 13.0 Å². The molecule has 1 aromatic rings. The maximum absolute atomic E-state index is 5.30. The Kier molecular flexibility index (Phi) is 11.9. The van der Waals surface area contributed by atoms with Gasteiger partial charge in [0.05, 0.1) is 6.61 Å². The molecule has 1 atom stereocenters. The van der Waals surface area contributed by atoms with Crippen molar-refractivity contribution in [3.63, 3.8) is 0 Å². The number of likely N-dealkylation sites (N-methyl/N-ethyl adjacent to an activating group) is 1. The summed E-state index contributed by atoms with van der Waals surface area (Å²) in [4.78, 5) is 6.46. The highest BCUT2D eigenvalue weighted by atomic mass is 127. The van der Waals surface area contributed by atoms with Crippen LogP contribution >= 0.6 is 24.0 Å². The average Bonchev–Trinajstić information content (AvgIpc) is 2.54. The molecule has 0 spiro atoms. The van der Waals surface area contributed by atoms with E-state index >= 15 is 0 Å². The predicted molar refractivity (Wildman–Crippen MR) is 106 cm³/mol. The van der Waals surface area contributed by atoms with E-state index in [1.54, 1.807) is 7.05 Å². The Hall–Kier alpha value is -1.02. The van der Waals surface area contributed by atoms with Gasteiger partial charge in [0, 0.05) is 45.5 Å². The highest BCUT2D eigenvalue weighted by Crippen LogP contribution is 2.13. The molecule has 6 heteroatoms. The quantitative estimate of drug-likeness (QED) is 0.294. The minimum atomic E-state index is 0. The normalized spacial score (nSPS) is 12.3. The Morgan fingerprint density at radius 2 is 1.95 bits per heavy atom. The van der Waals surface area contributed by atoms with Gasteiger partial charge < -0.3 is 20.3 Å². The van der Waals surface area contributed by atoms with Crippen LogP contribution in [0, 0.1) is 0 Å². The summed E-state index contributed by atoms with van der Waals surface area (Å²) in [5, 5.41) is 6.57. The molecule has 0 saturated heterocycles. The molecule has 0 radical (unpaired) electrons. The van der Waals surface area contributed by atoms with E-state index in [9.17, 15) is 0 Å². The Bertz CT molecular complexity index is 414. The van der Waals surface area contributed by atoms with Crippen LogP contribution < -0.4 is 15.5 Å². The molecule has 1 unspecified atom stereocenters. The predicted octanol–water partition coefficient (Wildman–Crippen LogP) is 2.33. The molecular formula is C16H29IN4O. The SMILES string of the molecule is CCOCCNC(=NC)NCC(C)N(C)c1ccccc1.I. The third kappa shape index (κ3) is 7.84. The Balaban J connectivity index is 0.00000441. The van der Waals surface area contributed by atoms with E-state index in [1.165, 1.54) is 5.69 Å². The summed E-state index contributed by atoms with van der Waals surface area (Å²) in [5.74, 6) is 0.808. The van der Waals surface area contributed by atoms with Crippen molar-refractivity contribution in [1.82, 2.24) is 10.6 Å². The third-order valence-electron chi connectivity index (χ3n) is 3.36. The number of benzene rings is 1. The van der Waals surface area contributed by atoms with Crippen LogP contribution in [0.5, 0.6) is 0 Å². The van der Waals surface area contributed by atoms with Gasteiger partial charge in [-0.25, -0.2) is 0 Å². The van der Waals surface area contributed by atoms with Gasteiger partial charge in [-0.2, -0.15) is 0 Å². The first kappa shape index (κ1) is 21.0. The minimum absolute atomic E-state index is 0. The van der Waals surface area contributed by atoms with E-state index in [0.29, 0.717) is 12.6 Å². The van der Waals surface area contributed by atoms with Crippen LogP contribution in [0.2, 0.25) is 0 Å². The summed E-state index contributed by atoms with van der Waals surface area (Å²) in [5.41, 5.74) is 1.21. The lowest BCUT2D eigenvalue weighted by molar-refractivity contribution is 0.152. The van der Waals surface area contributed by atoms with Gasteiger partial charge in [0.2, 0.25) is 0 Å². The van der Waals surface area contributed by atoms with Gasteiger partial charge in [0.1, 0.15) is 0 Å². The lowest BCUT2D eigenvalue weighted by Gasteiger charge is -2.27. The maximum atomic E-state index is 5.30. The summed E-state index contributed by atoms with van der Waals surface area (Å²) in [7, 11) is 3.88. The number of nitrogens with one attached hydrogen (secondary N) is 2. The summed E-state index contributed by atoms with van der Waals surface area (Å²) in [6.07, 6.45) is 0. The van der Waals surface area contributed by atoms with E-state index in [-0.39, 0.29) is 24.0 Å². The molecule has 2 N–H and O–H groups in total. The fraction of sp³-hybridized carbons (Fsp3) is 0.562. The van der Waals surface area contributed by atoms with Crippen LogP contribution in [0.4, 0.5) is 5.69 Å². The second-order valence-electron chi connectivity index (χ2n) is 4.87. The number of anilines is 1. The molecule has 0 bridgehead atoms. The molecule has 0 aromatic heterocycles. The van der Waals surface area contributed by atoms with Crippen LogP contribution in [0.15, 0.2) is 35.3 Å². The van der Waals surface area contributed by atoms with E-state index in [4.69, 9.17) is 4.74 Å². The van der Waals surface area contributed by atoms with Crippen molar-refractivity contribution < 1.29 is 4.74 Å². The Morgan fingerprint density at radius 3 is 2.55 bits per heavy atom. The number of aliphatic imine (C=N–C) groups is 1. The molecule has 0 amide bonds. The number of hydrogen-bond donors (Lipinski definition) is 2. The third-order valence-corrected chi connectivity index (χ3v) is 3.36. The van der Waals surface area contributed by atoms with Crippen LogP contribution in [-0.4, -0.2) is 52.4 Å². The second-order valence-corrected chi connectivity index (χ2v) is 4.87. The highest BCUT2D eigenvalue weighted by Gasteiger charge is 2.10. The molecule has 0 fully saturated rings.